The van der Waals surface area contributed by atoms with Crippen LogP contribution in [0.2, 0.25) is 0 Å². The molecule has 9 heteroatoms. The van der Waals surface area contributed by atoms with Crippen LogP contribution in [0.5, 0.6) is 0 Å². The van der Waals surface area contributed by atoms with E-state index in [1.807, 2.05) is 6.92 Å². The summed E-state index contributed by atoms with van der Waals surface area (Å²) in [5, 5.41) is 14.6. The summed E-state index contributed by atoms with van der Waals surface area (Å²) in [6.45, 7) is 2.38. The highest BCUT2D eigenvalue weighted by atomic mass is 32.2. The minimum absolute atomic E-state index is 0.135. The van der Waals surface area contributed by atoms with Gasteiger partial charge < -0.3 is 5.73 Å². The maximum absolute atomic E-state index is 11.4. The van der Waals surface area contributed by atoms with Gasteiger partial charge >= 0.3 is 5.69 Å². The topological polar surface area (TPSA) is 126 Å². The van der Waals surface area contributed by atoms with E-state index in [1.165, 1.54) is 28.7 Å². The van der Waals surface area contributed by atoms with Crippen LogP contribution in [-0.4, -0.2) is 30.6 Å². The molecule has 18 heavy (non-hydrogen) atoms. The summed E-state index contributed by atoms with van der Waals surface area (Å²) in [5.74, 6) is -0.135. The number of nitrogens with zero attached hydrogens (tertiary/aromatic N) is 4. The van der Waals surface area contributed by atoms with E-state index >= 15 is 0 Å². The molecule has 0 fully saturated rings. The first-order chi connectivity index (χ1) is 8.61. The SMILES string of the molecule is CCn1c(Sc2cnc(C(=N)N)cn2)n[nH]c1=O. The lowest BCUT2D eigenvalue weighted by molar-refractivity contribution is 0.660. The quantitative estimate of drug-likeness (QED) is 0.520. The van der Waals surface area contributed by atoms with Crippen molar-refractivity contribution in [3.05, 3.63) is 28.6 Å². The van der Waals surface area contributed by atoms with Gasteiger partial charge in [-0.15, -0.1) is 5.10 Å². The third-order valence-electron chi connectivity index (χ3n) is 2.14. The molecular formula is C9H11N7OS. The van der Waals surface area contributed by atoms with Gasteiger partial charge in [0, 0.05) is 6.54 Å². The summed E-state index contributed by atoms with van der Waals surface area (Å²) in [6, 6.07) is 0. The van der Waals surface area contributed by atoms with Crippen LogP contribution >= 0.6 is 11.8 Å². The van der Waals surface area contributed by atoms with Crippen LogP contribution in [0.25, 0.3) is 0 Å². The average molecular weight is 265 g/mol. The van der Waals surface area contributed by atoms with Gasteiger partial charge in [-0.25, -0.2) is 19.9 Å². The third kappa shape index (κ3) is 2.40. The van der Waals surface area contributed by atoms with E-state index in [0.29, 0.717) is 22.4 Å². The van der Waals surface area contributed by atoms with Crippen molar-refractivity contribution in [3.8, 4) is 0 Å². The lowest BCUT2D eigenvalue weighted by Gasteiger charge is -2.01. The monoisotopic (exact) mass is 265 g/mol. The molecule has 2 aromatic heterocycles. The first kappa shape index (κ1) is 12.3. The van der Waals surface area contributed by atoms with Crippen molar-refractivity contribution in [3.63, 3.8) is 0 Å². The Hall–Kier alpha value is -2.16. The Labute approximate surface area is 106 Å². The first-order valence-electron chi connectivity index (χ1n) is 5.11. The molecule has 0 aromatic carbocycles. The van der Waals surface area contributed by atoms with Crippen LogP contribution in [0.4, 0.5) is 0 Å². The standard InChI is InChI=1S/C9H11N7OS/c1-2-16-8(17)14-15-9(16)18-6-4-12-5(3-13-6)7(10)11/h3-4H,2H2,1H3,(H3,10,11)(H,14,17). The highest BCUT2D eigenvalue weighted by Crippen LogP contribution is 2.21. The van der Waals surface area contributed by atoms with Crippen molar-refractivity contribution >= 4 is 17.6 Å². The van der Waals surface area contributed by atoms with E-state index in [0.717, 1.165) is 0 Å². The fourth-order valence-electron chi connectivity index (χ4n) is 1.26. The lowest BCUT2D eigenvalue weighted by Crippen LogP contribution is -2.16. The zero-order valence-electron chi connectivity index (χ0n) is 9.54. The summed E-state index contributed by atoms with van der Waals surface area (Å²) in [4.78, 5) is 19.4. The Morgan fingerprint density at radius 2 is 2.33 bits per heavy atom. The molecule has 0 spiro atoms. The Morgan fingerprint density at radius 1 is 1.56 bits per heavy atom. The summed E-state index contributed by atoms with van der Waals surface area (Å²) in [7, 11) is 0. The number of nitrogen functional groups attached to an aromatic ring is 1. The zero-order chi connectivity index (χ0) is 13.1. The maximum Gasteiger partial charge on any atom is 0.343 e. The van der Waals surface area contributed by atoms with Crippen LogP contribution in [0.3, 0.4) is 0 Å². The Bertz CT molecular complexity index is 615. The van der Waals surface area contributed by atoms with E-state index in [-0.39, 0.29) is 11.5 Å². The molecule has 2 aromatic rings. The lowest BCUT2D eigenvalue weighted by atomic mass is 10.4. The predicted molar refractivity (Wildman–Crippen MR) is 65.7 cm³/mol. The molecule has 0 amide bonds. The summed E-state index contributed by atoms with van der Waals surface area (Å²) >= 11 is 1.22. The van der Waals surface area contributed by atoms with Gasteiger partial charge in [0.2, 0.25) is 0 Å². The minimum atomic E-state index is -0.256. The van der Waals surface area contributed by atoms with Crippen molar-refractivity contribution in [1.82, 2.24) is 24.7 Å². The number of rotatable bonds is 4. The molecule has 0 aliphatic heterocycles. The Kier molecular flexibility index (Phi) is 3.42. The number of amidine groups is 1. The number of H-pyrrole nitrogens is 1. The molecule has 4 N–H and O–H groups in total. The predicted octanol–water partition coefficient (Wildman–Crippen LogP) is -0.183. The molecule has 0 saturated heterocycles. The van der Waals surface area contributed by atoms with E-state index in [2.05, 4.69) is 20.2 Å². The average Bonchev–Trinajstić information content (AvgIpc) is 2.70. The van der Waals surface area contributed by atoms with Crippen molar-refractivity contribution in [1.29, 1.82) is 5.41 Å². The molecule has 0 unspecified atom stereocenters. The van der Waals surface area contributed by atoms with Crippen LogP contribution in [-0.2, 0) is 6.54 Å². The van der Waals surface area contributed by atoms with E-state index in [4.69, 9.17) is 11.1 Å². The molecule has 0 atom stereocenters. The molecular weight excluding hydrogens is 254 g/mol. The highest BCUT2D eigenvalue weighted by molar-refractivity contribution is 7.99. The number of aromatic amines is 1. The number of hydrogen-bond donors (Lipinski definition) is 3. The fourth-order valence-corrected chi connectivity index (χ4v) is 2.07. The van der Waals surface area contributed by atoms with Crippen molar-refractivity contribution in [2.45, 2.75) is 23.7 Å². The summed E-state index contributed by atoms with van der Waals surface area (Å²) in [5.41, 5.74) is 5.33. The van der Waals surface area contributed by atoms with E-state index in [9.17, 15) is 4.79 Å². The van der Waals surface area contributed by atoms with Gasteiger partial charge in [0.15, 0.2) is 5.16 Å². The third-order valence-corrected chi connectivity index (χ3v) is 3.05. The van der Waals surface area contributed by atoms with Crippen LogP contribution < -0.4 is 11.4 Å². The molecule has 0 bridgehead atoms. The first-order valence-corrected chi connectivity index (χ1v) is 5.93. The van der Waals surface area contributed by atoms with E-state index < -0.39 is 0 Å². The van der Waals surface area contributed by atoms with Crippen LogP contribution in [0, 0.1) is 5.41 Å². The summed E-state index contributed by atoms with van der Waals surface area (Å²) in [6.07, 6.45) is 2.90. The fraction of sp³-hybridized carbons (Fsp3) is 0.222. The van der Waals surface area contributed by atoms with Crippen LogP contribution in [0.1, 0.15) is 12.6 Å². The second-order valence-electron chi connectivity index (χ2n) is 3.31. The largest absolute Gasteiger partial charge is 0.382 e. The second-order valence-corrected chi connectivity index (χ2v) is 4.30. The number of hydrogen-bond acceptors (Lipinski definition) is 6. The van der Waals surface area contributed by atoms with Gasteiger partial charge in [-0.3, -0.25) is 9.98 Å². The van der Waals surface area contributed by atoms with Gasteiger partial charge in [0.1, 0.15) is 16.6 Å². The Morgan fingerprint density at radius 3 is 2.89 bits per heavy atom. The molecule has 0 saturated carbocycles. The van der Waals surface area contributed by atoms with Crippen molar-refractivity contribution < 1.29 is 0 Å². The number of nitrogens with two attached hydrogens (primary N) is 1. The minimum Gasteiger partial charge on any atom is -0.382 e. The van der Waals surface area contributed by atoms with Gasteiger partial charge in [-0.1, -0.05) is 0 Å². The van der Waals surface area contributed by atoms with Gasteiger partial charge in [-0.2, -0.15) is 0 Å². The second kappa shape index (κ2) is 5.00. The van der Waals surface area contributed by atoms with Gasteiger partial charge in [0.05, 0.1) is 12.4 Å². The molecule has 8 nitrogen and oxygen atoms in total. The summed E-state index contributed by atoms with van der Waals surface area (Å²) < 4.78 is 1.49. The van der Waals surface area contributed by atoms with E-state index in [1.54, 1.807) is 0 Å². The molecule has 0 radical (unpaired) electrons. The molecule has 0 aliphatic carbocycles. The van der Waals surface area contributed by atoms with Crippen molar-refractivity contribution in [2.24, 2.45) is 5.73 Å². The maximum atomic E-state index is 11.4. The van der Waals surface area contributed by atoms with Gasteiger partial charge in [-0.05, 0) is 18.7 Å². The number of aromatic nitrogens is 5. The molecule has 2 heterocycles. The normalized spacial score (nSPS) is 10.5. The van der Waals surface area contributed by atoms with Crippen molar-refractivity contribution in [2.75, 3.05) is 0 Å². The molecule has 94 valence electrons. The van der Waals surface area contributed by atoms with Gasteiger partial charge in [0.25, 0.3) is 0 Å². The Balaban J connectivity index is 2.23. The smallest absolute Gasteiger partial charge is 0.343 e. The van der Waals surface area contributed by atoms with Crippen LogP contribution in [0.15, 0.2) is 27.4 Å². The molecule has 2 rings (SSSR count). The molecule has 0 aliphatic rings. The number of nitrogens with one attached hydrogen (secondary N) is 2. The highest BCUT2D eigenvalue weighted by Gasteiger charge is 2.09. The zero-order valence-corrected chi connectivity index (χ0v) is 10.4.